The number of nitrogens with zero attached hydrogens (tertiary/aromatic N) is 3. The molecule has 0 radical (unpaired) electrons. The van der Waals surface area contributed by atoms with E-state index in [0.29, 0.717) is 29.2 Å². The molecule has 0 atom stereocenters. The van der Waals surface area contributed by atoms with Crippen molar-refractivity contribution in [1.29, 1.82) is 0 Å². The lowest BCUT2D eigenvalue weighted by Crippen LogP contribution is -2.05. The minimum atomic E-state index is -0.402. The zero-order valence-corrected chi connectivity index (χ0v) is 15.9. The van der Waals surface area contributed by atoms with E-state index in [9.17, 15) is 9.59 Å². The number of ether oxygens (including phenoxy) is 2. The van der Waals surface area contributed by atoms with Gasteiger partial charge in [0, 0.05) is 11.4 Å². The van der Waals surface area contributed by atoms with Crippen molar-refractivity contribution in [3.05, 3.63) is 65.9 Å². The van der Waals surface area contributed by atoms with Crippen molar-refractivity contribution in [2.45, 2.75) is 6.92 Å². The molecule has 2 aromatic carbocycles. The maximum absolute atomic E-state index is 11.7. The van der Waals surface area contributed by atoms with Crippen molar-refractivity contribution in [2.75, 3.05) is 24.4 Å². The molecule has 0 unspecified atom stereocenters. The van der Waals surface area contributed by atoms with Crippen LogP contribution < -0.4 is 10.6 Å². The molecule has 0 amide bonds. The van der Waals surface area contributed by atoms with E-state index in [1.807, 2.05) is 0 Å². The van der Waals surface area contributed by atoms with Crippen LogP contribution in [0.1, 0.15) is 27.6 Å². The Bertz CT molecular complexity index is 991. The molecule has 9 heteroatoms. The summed E-state index contributed by atoms with van der Waals surface area (Å²) in [6, 6.07) is 13.5. The van der Waals surface area contributed by atoms with Crippen LogP contribution in [0.2, 0.25) is 0 Å². The molecule has 2 N–H and O–H groups in total. The highest BCUT2D eigenvalue weighted by Crippen LogP contribution is 2.18. The number of benzene rings is 2. The van der Waals surface area contributed by atoms with E-state index >= 15 is 0 Å². The topological polar surface area (TPSA) is 115 Å². The van der Waals surface area contributed by atoms with E-state index in [1.54, 1.807) is 55.5 Å². The van der Waals surface area contributed by atoms with Gasteiger partial charge in [0.1, 0.15) is 0 Å². The van der Waals surface area contributed by atoms with Gasteiger partial charge in [0.25, 0.3) is 0 Å². The fraction of sp³-hybridized carbons (Fsp3) is 0.150. The number of carbonyl (C=O) groups is 2. The first-order valence-electron chi connectivity index (χ1n) is 8.78. The zero-order valence-electron chi connectivity index (χ0n) is 15.9. The number of aromatic nitrogens is 3. The SMILES string of the molecule is CCOC(=O)c1ccc(Nc2nncc(Nc3ccc(C(=O)OC)cc3)n2)cc1. The highest BCUT2D eigenvalue weighted by Gasteiger charge is 2.08. The third-order valence-corrected chi connectivity index (χ3v) is 3.79. The summed E-state index contributed by atoms with van der Waals surface area (Å²) in [5, 5.41) is 14.0. The van der Waals surface area contributed by atoms with Crippen LogP contribution in [-0.2, 0) is 9.47 Å². The summed E-state index contributed by atoms with van der Waals surface area (Å²) in [6.07, 6.45) is 1.48. The smallest absolute Gasteiger partial charge is 0.338 e. The van der Waals surface area contributed by atoms with Crippen LogP contribution in [0.15, 0.2) is 54.7 Å². The Morgan fingerprint density at radius 2 is 1.48 bits per heavy atom. The van der Waals surface area contributed by atoms with Gasteiger partial charge in [-0.05, 0) is 55.5 Å². The molecular formula is C20H19N5O4. The second kappa shape index (κ2) is 9.27. The number of carbonyl (C=O) groups excluding carboxylic acids is 2. The maximum atomic E-state index is 11.7. The summed E-state index contributed by atoms with van der Waals surface area (Å²) in [5.41, 5.74) is 2.33. The van der Waals surface area contributed by atoms with E-state index in [1.165, 1.54) is 13.3 Å². The molecule has 0 bridgehead atoms. The van der Waals surface area contributed by atoms with Gasteiger partial charge in [-0.3, -0.25) is 0 Å². The molecule has 29 heavy (non-hydrogen) atoms. The molecule has 1 heterocycles. The minimum Gasteiger partial charge on any atom is -0.465 e. The number of nitrogens with one attached hydrogen (secondary N) is 2. The predicted molar refractivity (Wildman–Crippen MR) is 107 cm³/mol. The summed E-state index contributed by atoms with van der Waals surface area (Å²) in [7, 11) is 1.33. The van der Waals surface area contributed by atoms with Crippen molar-refractivity contribution in [3.63, 3.8) is 0 Å². The zero-order chi connectivity index (χ0) is 20.6. The van der Waals surface area contributed by atoms with Crippen molar-refractivity contribution >= 4 is 35.1 Å². The highest BCUT2D eigenvalue weighted by atomic mass is 16.5. The number of methoxy groups -OCH3 is 1. The van der Waals surface area contributed by atoms with Gasteiger partial charge in [0.05, 0.1) is 31.0 Å². The normalized spacial score (nSPS) is 10.1. The van der Waals surface area contributed by atoms with Crippen LogP contribution in [-0.4, -0.2) is 40.8 Å². The average molecular weight is 393 g/mol. The first kappa shape index (κ1) is 19.7. The van der Waals surface area contributed by atoms with E-state index in [-0.39, 0.29) is 11.9 Å². The molecule has 1 aromatic heterocycles. The number of anilines is 4. The Morgan fingerprint density at radius 3 is 2.07 bits per heavy atom. The molecule has 0 saturated carbocycles. The van der Waals surface area contributed by atoms with Crippen LogP contribution in [0.4, 0.5) is 23.1 Å². The Morgan fingerprint density at radius 1 is 0.897 bits per heavy atom. The minimum absolute atomic E-state index is 0.282. The number of rotatable bonds is 7. The van der Waals surface area contributed by atoms with E-state index in [2.05, 4.69) is 30.6 Å². The van der Waals surface area contributed by atoms with E-state index < -0.39 is 5.97 Å². The lowest BCUT2D eigenvalue weighted by molar-refractivity contribution is 0.0525. The van der Waals surface area contributed by atoms with Gasteiger partial charge < -0.3 is 20.1 Å². The van der Waals surface area contributed by atoms with Crippen molar-refractivity contribution in [2.24, 2.45) is 0 Å². The largest absolute Gasteiger partial charge is 0.465 e. The molecule has 0 aliphatic carbocycles. The quantitative estimate of drug-likeness (QED) is 0.583. The molecule has 0 saturated heterocycles. The molecule has 0 spiro atoms. The first-order valence-corrected chi connectivity index (χ1v) is 8.78. The number of esters is 2. The fourth-order valence-corrected chi connectivity index (χ4v) is 2.41. The highest BCUT2D eigenvalue weighted by molar-refractivity contribution is 5.90. The van der Waals surface area contributed by atoms with Crippen molar-refractivity contribution < 1.29 is 19.1 Å². The molecule has 0 aliphatic rings. The summed E-state index contributed by atoms with van der Waals surface area (Å²) in [4.78, 5) is 27.5. The monoisotopic (exact) mass is 393 g/mol. The van der Waals surface area contributed by atoms with Gasteiger partial charge in [-0.2, -0.15) is 10.1 Å². The van der Waals surface area contributed by atoms with Crippen LogP contribution in [0, 0.1) is 0 Å². The van der Waals surface area contributed by atoms with Crippen LogP contribution in [0.5, 0.6) is 0 Å². The van der Waals surface area contributed by atoms with Crippen LogP contribution in [0.25, 0.3) is 0 Å². The van der Waals surface area contributed by atoms with Crippen molar-refractivity contribution in [3.8, 4) is 0 Å². The Labute approximate surface area is 167 Å². The number of hydrogen-bond donors (Lipinski definition) is 2. The molecule has 0 fully saturated rings. The Kier molecular flexibility index (Phi) is 6.31. The average Bonchev–Trinajstić information content (AvgIpc) is 2.75. The summed E-state index contributed by atoms with van der Waals surface area (Å²) < 4.78 is 9.63. The van der Waals surface area contributed by atoms with Gasteiger partial charge in [0.15, 0.2) is 5.82 Å². The Hall–Kier alpha value is -4.01. The molecule has 0 aliphatic heterocycles. The molecule has 148 valence electrons. The van der Waals surface area contributed by atoms with E-state index in [4.69, 9.17) is 4.74 Å². The maximum Gasteiger partial charge on any atom is 0.338 e. The summed E-state index contributed by atoms with van der Waals surface area (Å²) >= 11 is 0. The van der Waals surface area contributed by atoms with Crippen LogP contribution in [0.3, 0.4) is 0 Å². The second-order valence-corrected chi connectivity index (χ2v) is 5.78. The number of hydrogen-bond acceptors (Lipinski definition) is 9. The lowest BCUT2D eigenvalue weighted by Gasteiger charge is -2.08. The molecule has 9 nitrogen and oxygen atoms in total. The van der Waals surface area contributed by atoms with Gasteiger partial charge in [-0.25, -0.2) is 9.59 Å². The second-order valence-electron chi connectivity index (χ2n) is 5.78. The van der Waals surface area contributed by atoms with Gasteiger partial charge in [-0.15, -0.1) is 5.10 Å². The Balaban J connectivity index is 1.66. The molecule has 3 rings (SSSR count). The fourth-order valence-electron chi connectivity index (χ4n) is 2.41. The first-order chi connectivity index (χ1) is 14.1. The summed E-state index contributed by atoms with van der Waals surface area (Å²) in [6.45, 7) is 2.08. The molecular weight excluding hydrogens is 374 g/mol. The third kappa shape index (κ3) is 5.25. The summed E-state index contributed by atoms with van der Waals surface area (Å²) in [5.74, 6) is -0.0244. The third-order valence-electron chi connectivity index (χ3n) is 3.79. The van der Waals surface area contributed by atoms with Gasteiger partial charge in [0.2, 0.25) is 5.95 Å². The standard InChI is InChI=1S/C20H19N5O4/c1-3-29-19(27)14-6-10-16(11-7-14)23-20-24-17(12-21-25-20)22-15-8-4-13(5-9-15)18(26)28-2/h4-12H,3H2,1-2H3,(H2,22,23,24,25). The van der Waals surface area contributed by atoms with E-state index in [0.717, 1.165) is 5.69 Å². The lowest BCUT2D eigenvalue weighted by atomic mass is 10.2. The van der Waals surface area contributed by atoms with Gasteiger partial charge in [-0.1, -0.05) is 0 Å². The van der Waals surface area contributed by atoms with Gasteiger partial charge >= 0.3 is 11.9 Å². The van der Waals surface area contributed by atoms with Crippen LogP contribution >= 0.6 is 0 Å². The molecule has 3 aromatic rings. The predicted octanol–water partition coefficient (Wildman–Crippen LogP) is 3.32. The van der Waals surface area contributed by atoms with Crippen molar-refractivity contribution in [1.82, 2.24) is 15.2 Å².